The summed E-state index contributed by atoms with van der Waals surface area (Å²) in [5.41, 5.74) is 2.08. The lowest BCUT2D eigenvalue weighted by molar-refractivity contribution is 0.492. The summed E-state index contributed by atoms with van der Waals surface area (Å²) in [4.78, 5) is 4.69. The van der Waals surface area contributed by atoms with Gasteiger partial charge in [-0.2, -0.15) is 4.98 Å². The standard InChI is InChI=1S/C22H22N2O3S/c25-28(26,19-14-8-3-9-15-19)24-22-21(18-12-6-2-7-13-18)27-20(23-22)16-17-10-4-1-5-11-17/h1,3-5,8-12,14-15,24H,2,6-7,13,16H2. The zero-order chi connectivity index (χ0) is 19.4. The molecule has 6 heteroatoms. The fraction of sp³-hybridized carbons (Fsp3) is 0.227. The third kappa shape index (κ3) is 4.17. The minimum atomic E-state index is -3.73. The molecule has 144 valence electrons. The molecule has 1 aromatic heterocycles. The van der Waals surface area contributed by atoms with Crippen LogP contribution in [0.5, 0.6) is 0 Å². The van der Waals surface area contributed by atoms with E-state index in [1.807, 2.05) is 30.3 Å². The van der Waals surface area contributed by atoms with Gasteiger partial charge in [0.2, 0.25) is 5.89 Å². The summed E-state index contributed by atoms with van der Waals surface area (Å²) in [5.74, 6) is 1.30. The number of nitrogens with one attached hydrogen (secondary N) is 1. The molecule has 0 saturated carbocycles. The second-order valence-electron chi connectivity index (χ2n) is 6.84. The molecule has 0 aliphatic heterocycles. The highest BCUT2D eigenvalue weighted by Crippen LogP contribution is 2.33. The van der Waals surface area contributed by atoms with Crippen LogP contribution >= 0.6 is 0 Å². The molecule has 0 fully saturated rings. The lowest BCUT2D eigenvalue weighted by Gasteiger charge is -2.12. The van der Waals surface area contributed by atoms with Gasteiger partial charge in [-0.1, -0.05) is 54.6 Å². The van der Waals surface area contributed by atoms with E-state index in [1.54, 1.807) is 30.3 Å². The number of rotatable bonds is 6. The molecule has 0 bridgehead atoms. The van der Waals surface area contributed by atoms with Gasteiger partial charge in [-0.15, -0.1) is 0 Å². The lowest BCUT2D eigenvalue weighted by Crippen LogP contribution is -2.14. The quantitative estimate of drug-likeness (QED) is 0.637. The van der Waals surface area contributed by atoms with Crippen molar-refractivity contribution in [1.29, 1.82) is 0 Å². The molecule has 0 radical (unpaired) electrons. The van der Waals surface area contributed by atoms with E-state index in [9.17, 15) is 8.42 Å². The topological polar surface area (TPSA) is 72.2 Å². The van der Waals surface area contributed by atoms with Gasteiger partial charge in [0.05, 0.1) is 4.90 Å². The average molecular weight is 394 g/mol. The highest BCUT2D eigenvalue weighted by atomic mass is 32.2. The molecule has 5 nitrogen and oxygen atoms in total. The second-order valence-corrected chi connectivity index (χ2v) is 8.52. The van der Waals surface area contributed by atoms with Crippen LogP contribution < -0.4 is 4.72 Å². The molecule has 3 aromatic rings. The molecule has 0 unspecified atom stereocenters. The van der Waals surface area contributed by atoms with E-state index in [2.05, 4.69) is 15.8 Å². The Morgan fingerprint density at radius 2 is 1.68 bits per heavy atom. The maximum absolute atomic E-state index is 12.8. The molecular formula is C22H22N2O3S. The number of allylic oxidation sites excluding steroid dienone is 2. The van der Waals surface area contributed by atoms with Crippen molar-refractivity contribution in [2.45, 2.75) is 37.0 Å². The first-order valence-corrected chi connectivity index (χ1v) is 10.9. The Hall–Kier alpha value is -2.86. The van der Waals surface area contributed by atoms with Crippen molar-refractivity contribution in [2.24, 2.45) is 0 Å². The van der Waals surface area contributed by atoms with Crippen LogP contribution in [0.4, 0.5) is 5.82 Å². The fourth-order valence-electron chi connectivity index (χ4n) is 3.33. The molecular weight excluding hydrogens is 372 g/mol. The molecule has 0 amide bonds. The maximum Gasteiger partial charge on any atom is 0.263 e. The SMILES string of the molecule is O=S(=O)(Nc1nc(Cc2ccccc2)oc1C1=CCCCC1)c1ccccc1. The summed E-state index contributed by atoms with van der Waals surface area (Å²) in [5, 5.41) is 0. The molecule has 0 spiro atoms. The van der Waals surface area contributed by atoms with Crippen molar-refractivity contribution < 1.29 is 12.8 Å². The highest BCUT2D eigenvalue weighted by Gasteiger charge is 2.23. The predicted molar refractivity (Wildman–Crippen MR) is 109 cm³/mol. The third-order valence-corrected chi connectivity index (χ3v) is 6.09. The van der Waals surface area contributed by atoms with Gasteiger partial charge in [-0.25, -0.2) is 8.42 Å². The largest absolute Gasteiger partial charge is 0.438 e. The second kappa shape index (κ2) is 8.02. The van der Waals surface area contributed by atoms with E-state index in [4.69, 9.17) is 4.42 Å². The molecule has 0 atom stereocenters. The number of anilines is 1. The van der Waals surface area contributed by atoms with Crippen LogP contribution in [0.25, 0.3) is 5.57 Å². The Kier molecular flexibility index (Phi) is 5.30. The Labute approximate surface area is 165 Å². The van der Waals surface area contributed by atoms with E-state index >= 15 is 0 Å². The number of sulfonamides is 1. The van der Waals surface area contributed by atoms with Crippen molar-refractivity contribution >= 4 is 21.4 Å². The first-order chi connectivity index (χ1) is 13.6. The minimum absolute atomic E-state index is 0.200. The molecule has 0 saturated heterocycles. The fourth-order valence-corrected chi connectivity index (χ4v) is 4.35. The number of benzene rings is 2. The molecule has 4 rings (SSSR count). The van der Waals surface area contributed by atoms with Crippen molar-refractivity contribution in [2.75, 3.05) is 4.72 Å². The van der Waals surface area contributed by atoms with Crippen LogP contribution in [-0.4, -0.2) is 13.4 Å². The van der Waals surface area contributed by atoms with Crippen molar-refractivity contribution in [3.63, 3.8) is 0 Å². The number of nitrogens with zero attached hydrogens (tertiary/aromatic N) is 1. The smallest absolute Gasteiger partial charge is 0.263 e. The number of hydrogen-bond donors (Lipinski definition) is 1. The Morgan fingerprint density at radius 1 is 0.964 bits per heavy atom. The summed E-state index contributed by atoms with van der Waals surface area (Å²) >= 11 is 0. The van der Waals surface area contributed by atoms with Gasteiger partial charge in [0, 0.05) is 6.42 Å². The number of oxazole rings is 1. The van der Waals surface area contributed by atoms with Crippen molar-refractivity contribution in [1.82, 2.24) is 4.98 Å². The maximum atomic E-state index is 12.8. The molecule has 1 heterocycles. The first kappa shape index (κ1) is 18.5. The van der Waals surface area contributed by atoms with Gasteiger partial charge < -0.3 is 4.42 Å². The lowest BCUT2D eigenvalue weighted by atomic mass is 9.98. The number of hydrogen-bond acceptors (Lipinski definition) is 4. The van der Waals surface area contributed by atoms with Crippen LogP contribution in [0.2, 0.25) is 0 Å². The monoisotopic (exact) mass is 394 g/mol. The van der Waals surface area contributed by atoms with Crippen LogP contribution in [-0.2, 0) is 16.4 Å². The summed E-state index contributed by atoms with van der Waals surface area (Å²) in [6, 6.07) is 18.2. The molecule has 1 N–H and O–H groups in total. The van der Waals surface area contributed by atoms with Crippen LogP contribution in [0.1, 0.15) is 42.9 Å². The van der Waals surface area contributed by atoms with Crippen molar-refractivity contribution in [3.8, 4) is 0 Å². The third-order valence-electron chi connectivity index (χ3n) is 4.74. The Morgan fingerprint density at radius 3 is 2.36 bits per heavy atom. The van der Waals surface area contributed by atoms with Gasteiger partial charge in [-0.05, 0) is 49.0 Å². The van der Waals surface area contributed by atoms with Crippen LogP contribution in [0.3, 0.4) is 0 Å². The van der Waals surface area contributed by atoms with Crippen LogP contribution in [0.15, 0.2) is 76.1 Å². The molecule has 1 aliphatic carbocycles. The normalized spacial score (nSPS) is 14.5. The summed E-state index contributed by atoms with van der Waals surface area (Å²) < 4.78 is 34.3. The summed E-state index contributed by atoms with van der Waals surface area (Å²) in [7, 11) is -3.73. The first-order valence-electron chi connectivity index (χ1n) is 9.43. The summed E-state index contributed by atoms with van der Waals surface area (Å²) in [6.07, 6.45) is 6.66. The van der Waals surface area contributed by atoms with Gasteiger partial charge in [0.25, 0.3) is 10.0 Å². The Bertz CT molecular complexity index is 1070. The van der Waals surface area contributed by atoms with Gasteiger partial charge >= 0.3 is 0 Å². The van der Waals surface area contributed by atoms with Gasteiger partial charge in [-0.3, -0.25) is 4.72 Å². The van der Waals surface area contributed by atoms with E-state index in [0.29, 0.717) is 18.1 Å². The average Bonchev–Trinajstić information content (AvgIpc) is 3.11. The predicted octanol–water partition coefficient (Wildman–Crippen LogP) is 5.02. The highest BCUT2D eigenvalue weighted by molar-refractivity contribution is 7.92. The molecule has 2 aromatic carbocycles. The zero-order valence-corrected chi connectivity index (χ0v) is 16.3. The van der Waals surface area contributed by atoms with E-state index < -0.39 is 10.0 Å². The number of aromatic nitrogens is 1. The summed E-state index contributed by atoms with van der Waals surface area (Å²) in [6.45, 7) is 0. The van der Waals surface area contributed by atoms with Gasteiger partial charge in [0.15, 0.2) is 11.6 Å². The molecule has 28 heavy (non-hydrogen) atoms. The van der Waals surface area contributed by atoms with E-state index in [0.717, 1.165) is 36.8 Å². The van der Waals surface area contributed by atoms with Gasteiger partial charge in [0.1, 0.15) is 0 Å². The van der Waals surface area contributed by atoms with E-state index in [1.165, 1.54) is 0 Å². The van der Waals surface area contributed by atoms with Crippen LogP contribution in [0, 0.1) is 0 Å². The van der Waals surface area contributed by atoms with E-state index in [-0.39, 0.29) is 10.7 Å². The Balaban J connectivity index is 1.69. The van der Waals surface area contributed by atoms with Crippen molar-refractivity contribution in [3.05, 3.63) is 84.0 Å². The minimum Gasteiger partial charge on any atom is -0.438 e. The zero-order valence-electron chi connectivity index (χ0n) is 15.5. The molecule has 1 aliphatic rings.